The summed E-state index contributed by atoms with van der Waals surface area (Å²) in [6, 6.07) is 20.0. The van der Waals surface area contributed by atoms with Crippen LogP contribution >= 0.6 is 0 Å². The molecular formula is C25H20N2O5. The maximum absolute atomic E-state index is 12.9. The molecule has 0 N–H and O–H groups in total. The van der Waals surface area contributed by atoms with Crippen molar-refractivity contribution in [3.63, 3.8) is 0 Å². The van der Waals surface area contributed by atoms with Crippen molar-refractivity contribution >= 4 is 22.3 Å². The Morgan fingerprint density at radius 2 is 1.88 bits per heavy atom. The number of fused-ring (bicyclic) bond motifs is 3. The van der Waals surface area contributed by atoms with Crippen LogP contribution in [0.15, 0.2) is 75.9 Å². The minimum Gasteiger partial charge on any atom is -0.473 e. The molecule has 0 spiro atoms. The number of benzene rings is 3. The van der Waals surface area contributed by atoms with Gasteiger partial charge >= 0.3 is 5.63 Å². The highest BCUT2D eigenvalue weighted by molar-refractivity contribution is 5.86. The summed E-state index contributed by atoms with van der Waals surface area (Å²) in [5.74, 6) is 0.651. The Morgan fingerprint density at radius 1 is 1.06 bits per heavy atom. The van der Waals surface area contributed by atoms with Crippen LogP contribution in [0, 0.1) is 17.0 Å². The Hall–Kier alpha value is -4.13. The molecule has 4 aromatic rings. The average molecular weight is 428 g/mol. The molecule has 7 nitrogen and oxygen atoms in total. The second-order valence-electron chi connectivity index (χ2n) is 7.82. The third kappa shape index (κ3) is 3.47. The van der Waals surface area contributed by atoms with Crippen molar-refractivity contribution in [2.24, 2.45) is 0 Å². The number of rotatable bonds is 4. The van der Waals surface area contributed by atoms with Crippen LogP contribution in [-0.4, -0.2) is 11.7 Å². The lowest BCUT2D eigenvalue weighted by molar-refractivity contribution is -0.384. The molecule has 0 bridgehead atoms. The summed E-state index contributed by atoms with van der Waals surface area (Å²) in [7, 11) is 0. The number of ether oxygens (including phenoxy) is 1. The number of anilines is 1. The molecule has 0 unspecified atom stereocenters. The maximum Gasteiger partial charge on any atom is 0.340 e. The quantitative estimate of drug-likeness (QED) is 0.260. The van der Waals surface area contributed by atoms with Gasteiger partial charge in [0.25, 0.3) is 5.69 Å². The van der Waals surface area contributed by atoms with Gasteiger partial charge in [-0.1, -0.05) is 36.4 Å². The summed E-state index contributed by atoms with van der Waals surface area (Å²) in [6.07, 6.45) is 0.498. The zero-order valence-electron chi connectivity index (χ0n) is 17.4. The van der Waals surface area contributed by atoms with Crippen LogP contribution in [0.4, 0.5) is 11.4 Å². The lowest BCUT2D eigenvalue weighted by Gasteiger charge is -2.31. The highest BCUT2D eigenvalue weighted by Gasteiger charge is 2.24. The minimum atomic E-state index is -0.422. The van der Waals surface area contributed by atoms with Crippen molar-refractivity contribution in [1.82, 2.24) is 0 Å². The number of aryl methyl sites for hydroxylation is 1. The fourth-order valence-electron chi connectivity index (χ4n) is 4.13. The number of nitrogens with zero attached hydrogens (tertiary/aromatic N) is 2. The predicted molar refractivity (Wildman–Crippen MR) is 121 cm³/mol. The Labute approximate surface area is 183 Å². The van der Waals surface area contributed by atoms with E-state index in [1.165, 1.54) is 12.1 Å². The standard InChI is InChI=1S/C25H20N2O5/c1-16-20-10-11-23-22(14-26(15-31-23)18-8-5-9-19(13-18)27(29)30)24(20)32-25(28)21(16)12-17-6-3-2-4-7-17/h2-11,13H,12,14-15H2,1H3. The molecule has 0 saturated carbocycles. The van der Waals surface area contributed by atoms with Gasteiger partial charge in [-0.2, -0.15) is 0 Å². The van der Waals surface area contributed by atoms with Crippen LogP contribution in [0.5, 0.6) is 5.75 Å². The summed E-state index contributed by atoms with van der Waals surface area (Å²) in [4.78, 5) is 25.5. The molecule has 2 heterocycles. The van der Waals surface area contributed by atoms with E-state index in [0.717, 1.165) is 22.1 Å². The lowest BCUT2D eigenvalue weighted by atomic mass is 9.97. The maximum atomic E-state index is 12.9. The molecule has 5 rings (SSSR count). The zero-order chi connectivity index (χ0) is 22.2. The van der Waals surface area contributed by atoms with E-state index in [4.69, 9.17) is 9.15 Å². The zero-order valence-corrected chi connectivity index (χ0v) is 17.4. The Balaban J connectivity index is 1.56. The van der Waals surface area contributed by atoms with Gasteiger partial charge in [-0.25, -0.2) is 4.79 Å². The Bertz CT molecular complexity index is 1400. The van der Waals surface area contributed by atoms with Gasteiger partial charge in [0.05, 0.1) is 17.0 Å². The molecule has 0 amide bonds. The fraction of sp³-hybridized carbons (Fsp3) is 0.160. The number of non-ortho nitro benzene ring substituents is 1. The van der Waals surface area contributed by atoms with Crippen molar-refractivity contribution in [2.45, 2.75) is 19.9 Å². The van der Waals surface area contributed by atoms with Crippen molar-refractivity contribution in [3.8, 4) is 5.75 Å². The van der Waals surface area contributed by atoms with E-state index in [-0.39, 0.29) is 18.0 Å². The normalized spacial score (nSPS) is 13.0. The molecule has 32 heavy (non-hydrogen) atoms. The van der Waals surface area contributed by atoms with Crippen LogP contribution in [0.1, 0.15) is 22.3 Å². The van der Waals surface area contributed by atoms with E-state index < -0.39 is 4.92 Å². The summed E-state index contributed by atoms with van der Waals surface area (Å²) < 4.78 is 11.7. The summed E-state index contributed by atoms with van der Waals surface area (Å²) in [5.41, 5.74) is 4.14. The number of nitro benzene ring substituents is 1. The molecule has 7 heteroatoms. The molecule has 160 valence electrons. The van der Waals surface area contributed by atoms with Gasteiger partial charge in [0.2, 0.25) is 0 Å². The molecule has 0 radical (unpaired) electrons. The molecule has 1 aliphatic heterocycles. The summed E-state index contributed by atoms with van der Waals surface area (Å²) in [5, 5.41) is 12.0. The van der Waals surface area contributed by atoms with Crippen molar-refractivity contribution in [3.05, 3.63) is 110 Å². The van der Waals surface area contributed by atoms with Gasteiger partial charge in [0, 0.05) is 35.2 Å². The third-order valence-electron chi connectivity index (χ3n) is 5.87. The van der Waals surface area contributed by atoms with Gasteiger partial charge in [0.1, 0.15) is 11.3 Å². The average Bonchev–Trinajstić information content (AvgIpc) is 2.82. The van der Waals surface area contributed by atoms with Crippen LogP contribution in [-0.2, 0) is 13.0 Å². The fourth-order valence-corrected chi connectivity index (χ4v) is 4.13. The van der Waals surface area contributed by atoms with Crippen molar-refractivity contribution < 1.29 is 14.1 Å². The van der Waals surface area contributed by atoms with Crippen molar-refractivity contribution in [1.29, 1.82) is 0 Å². The second-order valence-corrected chi connectivity index (χ2v) is 7.82. The molecule has 0 atom stereocenters. The summed E-state index contributed by atoms with van der Waals surface area (Å²) >= 11 is 0. The molecular weight excluding hydrogens is 408 g/mol. The first-order valence-electron chi connectivity index (χ1n) is 10.3. The number of hydrogen-bond acceptors (Lipinski definition) is 6. The molecule has 1 aliphatic rings. The van der Waals surface area contributed by atoms with E-state index in [9.17, 15) is 14.9 Å². The highest BCUT2D eigenvalue weighted by Crippen LogP contribution is 2.36. The monoisotopic (exact) mass is 428 g/mol. The number of nitro groups is 1. The van der Waals surface area contributed by atoms with Gasteiger partial charge in [-0.3, -0.25) is 10.1 Å². The Morgan fingerprint density at radius 3 is 2.66 bits per heavy atom. The van der Waals surface area contributed by atoms with Crippen LogP contribution in [0.3, 0.4) is 0 Å². The Kier molecular flexibility index (Phi) is 4.86. The van der Waals surface area contributed by atoms with Gasteiger partial charge < -0.3 is 14.1 Å². The van der Waals surface area contributed by atoms with E-state index in [0.29, 0.717) is 35.5 Å². The lowest BCUT2D eigenvalue weighted by Crippen LogP contribution is -2.32. The first-order chi connectivity index (χ1) is 15.5. The van der Waals surface area contributed by atoms with E-state index in [1.807, 2.05) is 54.3 Å². The smallest absolute Gasteiger partial charge is 0.340 e. The van der Waals surface area contributed by atoms with E-state index in [1.54, 1.807) is 12.1 Å². The third-order valence-corrected chi connectivity index (χ3v) is 5.87. The predicted octanol–water partition coefficient (Wildman–Crippen LogP) is 4.96. The largest absolute Gasteiger partial charge is 0.473 e. The van der Waals surface area contributed by atoms with Gasteiger partial charge in [-0.05, 0) is 36.2 Å². The van der Waals surface area contributed by atoms with Crippen molar-refractivity contribution in [2.75, 3.05) is 11.6 Å². The SMILES string of the molecule is Cc1c(Cc2ccccc2)c(=O)oc2c3c(ccc12)OCN(c1cccc([N+](=O)[O-])c1)C3. The van der Waals surface area contributed by atoms with Crippen LogP contribution < -0.4 is 15.3 Å². The first-order valence-corrected chi connectivity index (χ1v) is 10.3. The van der Waals surface area contributed by atoms with Crippen LogP contribution in [0.25, 0.3) is 11.0 Å². The molecule has 3 aromatic carbocycles. The molecule has 1 aromatic heterocycles. The second kappa shape index (κ2) is 7.85. The van der Waals surface area contributed by atoms with E-state index in [2.05, 4.69) is 0 Å². The molecule has 0 fully saturated rings. The van der Waals surface area contributed by atoms with E-state index >= 15 is 0 Å². The molecule has 0 saturated heterocycles. The minimum absolute atomic E-state index is 0.0131. The first kappa shape index (κ1) is 19.8. The van der Waals surface area contributed by atoms with Gasteiger partial charge in [0.15, 0.2) is 6.73 Å². The topological polar surface area (TPSA) is 85.8 Å². The number of hydrogen-bond donors (Lipinski definition) is 0. The highest BCUT2D eigenvalue weighted by atomic mass is 16.6. The van der Waals surface area contributed by atoms with Crippen LogP contribution in [0.2, 0.25) is 0 Å². The van der Waals surface area contributed by atoms with Gasteiger partial charge in [-0.15, -0.1) is 0 Å². The summed E-state index contributed by atoms with van der Waals surface area (Å²) in [6.45, 7) is 2.59. The molecule has 0 aliphatic carbocycles.